The van der Waals surface area contributed by atoms with E-state index in [1.807, 2.05) is 12.4 Å². The first-order chi connectivity index (χ1) is 7.29. The zero-order valence-corrected chi connectivity index (χ0v) is 9.74. The van der Waals surface area contributed by atoms with Crippen LogP contribution >= 0.6 is 0 Å². The lowest BCUT2D eigenvalue weighted by Crippen LogP contribution is -2.27. The molecule has 0 radical (unpaired) electrons. The maximum Gasteiger partial charge on any atom is 0.122 e. The summed E-state index contributed by atoms with van der Waals surface area (Å²) in [6.45, 7) is 6.33. The van der Waals surface area contributed by atoms with Crippen LogP contribution in [0.3, 0.4) is 0 Å². The maximum absolute atomic E-state index is 4.35. The molecule has 0 amide bonds. The highest BCUT2D eigenvalue weighted by Crippen LogP contribution is 2.33. The summed E-state index contributed by atoms with van der Waals surface area (Å²) in [4.78, 5) is 4.35. The van der Waals surface area contributed by atoms with Crippen LogP contribution in [0.2, 0.25) is 0 Å². The van der Waals surface area contributed by atoms with E-state index in [-0.39, 0.29) is 0 Å². The lowest BCUT2D eigenvalue weighted by Gasteiger charge is -2.13. The minimum Gasteiger partial charge on any atom is -0.334 e. The Labute approximate surface area is 91.9 Å². The Morgan fingerprint density at radius 3 is 3.07 bits per heavy atom. The first-order valence-corrected chi connectivity index (χ1v) is 6.03. The zero-order valence-electron chi connectivity index (χ0n) is 9.74. The van der Waals surface area contributed by atoms with Crippen LogP contribution in [0, 0.1) is 5.92 Å². The summed E-state index contributed by atoms with van der Waals surface area (Å²) in [6, 6.07) is 0.625. The molecule has 84 valence electrons. The smallest absolute Gasteiger partial charge is 0.122 e. The van der Waals surface area contributed by atoms with Gasteiger partial charge < -0.3 is 9.88 Å². The van der Waals surface area contributed by atoms with Gasteiger partial charge in [-0.25, -0.2) is 4.98 Å². The standard InChI is InChI=1S/C12H21N3/c1-3-15-7-6-13-12(15)9-14-10(2)8-11-4-5-11/h6-7,10-11,14H,3-5,8-9H2,1-2H3. The molecule has 1 aromatic heterocycles. The fraction of sp³-hybridized carbons (Fsp3) is 0.750. The molecule has 15 heavy (non-hydrogen) atoms. The van der Waals surface area contributed by atoms with Gasteiger partial charge in [0.1, 0.15) is 5.82 Å². The number of rotatable bonds is 6. The number of imidazole rings is 1. The van der Waals surface area contributed by atoms with E-state index in [1.165, 1.54) is 19.3 Å². The van der Waals surface area contributed by atoms with Crippen molar-refractivity contribution in [1.29, 1.82) is 0 Å². The Morgan fingerprint density at radius 2 is 2.40 bits per heavy atom. The first-order valence-electron chi connectivity index (χ1n) is 6.03. The molecule has 0 spiro atoms. The van der Waals surface area contributed by atoms with Crippen LogP contribution in [-0.2, 0) is 13.1 Å². The molecule has 1 fully saturated rings. The molecule has 3 nitrogen and oxygen atoms in total. The highest BCUT2D eigenvalue weighted by Gasteiger charge is 2.23. The normalized spacial score (nSPS) is 18.0. The van der Waals surface area contributed by atoms with Gasteiger partial charge in [-0.05, 0) is 26.2 Å². The van der Waals surface area contributed by atoms with Crippen molar-refractivity contribution in [1.82, 2.24) is 14.9 Å². The van der Waals surface area contributed by atoms with Crippen molar-refractivity contribution in [2.24, 2.45) is 5.92 Å². The molecule has 1 heterocycles. The number of hydrogen-bond acceptors (Lipinski definition) is 2. The second-order valence-electron chi connectivity index (χ2n) is 4.59. The van der Waals surface area contributed by atoms with Gasteiger partial charge in [0, 0.05) is 25.0 Å². The van der Waals surface area contributed by atoms with Gasteiger partial charge >= 0.3 is 0 Å². The van der Waals surface area contributed by atoms with Crippen LogP contribution in [0.4, 0.5) is 0 Å². The number of aryl methyl sites for hydroxylation is 1. The highest BCUT2D eigenvalue weighted by molar-refractivity contribution is 4.92. The molecule has 1 aliphatic carbocycles. The lowest BCUT2D eigenvalue weighted by molar-refractivity contribution is 0.472. The van der Waals surface area contributed by atoms with E-state index in [0.717, 1.165) is 24.8 Å². The molecular formula is C12H21N3. The lowest BCUT2D eigenvalue weighted by atomic mass is 10.1. The SMILES string of the molecule is CCn1ccnc1CNC(C)CC1CC1. The fourth-order valence-corrected chi connectivity index (χ4v) is 2.00. The van der Waals surface area contributed by atoms with Crippen molar-refractivity contribution in [3.63, 3.8) is 0 Å². The predicted molar refractivity (Wildman–Crippen MR) is 61.5 cm³/mol. The quantitative estimate of drug-likeness (QED) is 0.775. The molecular weight excluding hydrogens is 186 g/mol. The van der Waals surface area contributed by atoms with Gasteiger partial charge in [0.15, 0.2) is 0 Å². The van der Waals surface area contributed by atoms with Gasteiger partial charge in [-0.15, -0.1) is 0 Å². The second kappa shape index (κ2) is 4.79. The summed E-state index contributed by atoms with van der Waals surface area (Å²) in [5, 5.41) is 3.55. The van der Waals surface area contributed by atoms with Gasteiger partial charge in [-0.3, -0.25) is 0 Å². The summed E-state index contributed by atoms with van der Waals surface area (Å²) in [5.74, 6) is 2.15. The van der Waals surface area contributed by atoms with Crippen molar-refractivity contribution in [2.75, 3.05) is 0 Å². The van der Waals surface area contributed by atoms with Crippen LogP contribution in [0.15, 0.2) is 12.4 Å². The molecule has 2 rings (SSSR count). The Kier molecular flexibility index (Phi) is 3.41. The molecule has 0 aliphatic heterocycles. The van der Waals surface area contributed by atoms with Crippen molar-refractivity contribution in [3.05, 3.63) is 18.2 Å². The first kappa shape index (κ1) is 10.7. The van der Waals surface area contributed by atoms with Crippen LogP contribution in [0.5, 0.6) is 0 Å². The third-order valence-electron chi connectivity index (χ3n) is 3.13. The molecule has 1 N–H and O–H groups in total. The minimum atomic E-state index is 0.625. The van der Waals surface area contributed by atoms with E-state index in [2.05, 4.69) is 28.7 Å². The van der Waals surface area contributed by atoms with Gasteiger partial charge in [0.05, 0.1) is 6.54 Å². The van der Waals surface area contributed by atoms with Crippen LogP contribution in [0.25, 0.3) is 0 Å². The Hall–Kier alpha value is -0.830. The summed E-state index contributed by atoms with van der Waals surface area (Å²) in [7, 11) is 0. The van der Waals surface area contributed by atoms with Crippen LogP contribution < -0.4 is 5.32 Å². The largest absolute Gasteiger partial charge is 0.334 e. The van der Waals surface area contributed by atoms with E-state index >= 15 is 0 Å². The Bertz CT molecular complexity index is 302. The number of nitrogens with one attached hydrogen (secondary N) is 1. The Balaban J connectivity index is 1.76. The van der Waals surface area contributed by atoms with Gasteiger partial charge in [-0.1, -0.05) is 12.8 Å². The van der Waals surface area contributed by atoms with E-state index in [4.69, 9.17) is 0 Å². The van der Waals surface area contributed by atoms with Gasteiger partial charge in [-0.2, -0.15) is 0 Å². The van der Waals surface area contributed by atoms with E-state index in [1.54, 1.807) is 0 Å². The van der Waals surface area contributed by atoms with Gasteiger partial charge in [0.2, 0.25) is 0 Å². The van der Waals surface area contributed by atoms with E-state index in [0.29, 0.717) is 6.04 Å². The number of nitrogens with zero attached hydrogens (tertiary/aromatic N) is 2. The van der Waals surface area contributed by atoms with Crippen LogP contribution in [-0.4, -0.2) is 15.6 Å². The van der Waals surface area contributed by atoms with Crippen LogP contribution in [0.1, 0.15) is 38.9 Å². The topological polar surface area (TPSA) is 29.9 Å². The number of hydrogen-bond donors (Lipinski definition) is 1. The van der Waals surface area contributed by atoms with Crippen molar-refractivity contribution in [2.45, 2.75) is 52.2 Å². The maximum atomic E-state index is 4.35. The van der Waals surface area contributed by atoms with E-state index < -0.39 is 0 Å². The van der Waals surface area contributed by atoms with Gasteiger partial charge in [0.25, 0.3) is 0 Å². The summed E-state index contributed by atoms with van der Waals surface area (Å²) >= 11 is 0. The van der Waals surface area contributed by atoms with Crippen molar-refractivity contribution >= 4 is 0 Å². The highest BCUT2D eigenvalue weighted by atomic mass is 15.1. The average Bonchev–Trinajstić information content (AvgIpc) is 2.92. The van der Waals surface area contributed by atoms with E-state index in [9.17, 15) is 0 Å². The minimum absolute atomic E-state index is 0.625. The molecule has 0 aromatic carbocycles. The van der Waals surface area contributed by atoms with Crippen molar-refractivity contribution in [3.8, 4) is 0 Å². The molecule has 1 saturated carbocycles. The summed E-state index contributed by atoms with van der Waals surface area (Å²) in [6.07, 6.45) is 8.13. The Morgan fingerprint density at radius 1 is 1.60 bits per heavy atom. The predicted octanol–water partition coefficient (Wildman–Crippen LogP) is 2.18. The molecule has 0 saturated heterocycles. The monoisotopic (exact) mass is 207 g/mol. The summed E-state index contributed by atoms with van der Waals surface area (Å²) in [5.41, 5.74) is 0. The fourth-order valence-electron chi connectivity index (χ4n) is 2.00. The summed E-state index contributed by atoms with van der Waals surface area (Å²) < 4.78 is 2.19. The molecule has 1 atom stereocenters. The number of aromatic nitrogens is 2. The molecule has 0 bridgehead atoms. The van der Waals surface area contributed by atoms with Crippen molar-refractivity contribution < 1.29 is 0 Å². The zero-order chi connectivity index (χ0) is 10.7. The molecule has 3 heteroatoms. The average molecular weight is 207 g/mol. The third-order valence-corrected chi connectivity index (χ3v) is 3.13. The molecule has 1 unspecified atom stereocenters. The molecule has 1 aromatic rings. The molecule has 1 aliphatic rings. The third kappa shape index (κ3) is 3.06. The second-order valence-corrected chi connectivity index (χ2v) is 4.59.